The Morgan fingerprint density at radius 3 is 2.53 bits per heavy atom. The van der Waals surface area contributed by atoms with E-state index in [0.29, 0.717) is 6.04 Å². The van der Waals surface area contributed by atoms with E-state index in [1.54, 1.807) is 0 Å². The topological polar surface area (TPSA) is 28.2 Å². The predicted molar refractivity (Wildman–Crippen MR) is 81.6 cm³/mol. The van der Waals surface area contributed by atoms with Crippen LogP contribution in [0.1, 0.15) is 43.9 Å². The Morgan fingerprint density at radius 1 is 1.26 bits per heavy atom. The van der Waals surface area contributed by atoms with E-state index in [1.165, 1.54) is 31.2 Å². The maximum atomic E-state index is 4.77. The highest BCUT2D eigenvalue weighted by Crippen LogP contribution is 2.28. The molecule has 0 aromatic carbocycles. The number of rotatable bonds is 4. The van der Waals surface area contributed by atoms with Gasteiger partial charge in [-0.05, 0) is 57.2 Å². The van der Waals surface area contributed by atoms with E-state index in [1.807, 2.05) is 7.05 Å². The lowest BCUT2D eigenvalue weighted by atomic mass is 9.87. The Morgan fingerprint density at radius 2 is 1.95 bits per heavy atom. The number of nitrogens with one attached hydrogen (secondary N) is 1. The molecule has 1 aromatic heterocycles. The molecule has 1 N–H and O–H groups in total. The zero-order valence-electron chi connectivity index (χ0n) is 12.7. The number of pyridine rings is 1. The number of nitrogens with zero attached hydrogens (tertiary/aromatic N) is 2. The molecule has 0 bridgehead atoms. The monoisotopic (exact) mass is 261 g/mol. The highest BCUT2D eigenvalue weighted by atomic mass is 15.2. The molecule has 1 aromatic rings. The van der Waals surface area contributed by atoms with Crippen molar-refractivity contribution in [3.8, 4) is 0 Å². The Labute approximate surface area is 117 Å². The molecule has 106 valence electrons. The van der Waals surface area contributed by atoms with Crippen LogP contribution in [0.2, 0.25) is 0 Å². The quantitative estimate of drug-likeness (QED) is 0.902. The molecule has 0 unspecified atom stereocenters. The molecular formula is C16H27N3. The third-order valence-corrected chi connectivity index (χ3v) is 4.44. The van der Waals surface area contributed by atoms with Crippen LogP contribution in [0.3, 0.4) is 0 Å². The van der Waals surface area contributed by atoms with Gasteiger partial charge in [0.15, 0.2) is 0 Å². The average Bonchev–Trinajstić information content (AvgIpc) is 2.41. The fourth-order valence-electron chi connectivity index (χ4n) is 2.97. The Balaban J connectivity index is 2.06. The molecule has 1 aliphatic carbocycles. The van der Waals surface area contributed by atoms with Crippen molar-refractivity contribution in [1.82, 2.24) is 10.3 Å². The maximum Gasteiger partial charge on any atom is 0.128 e. The zero-order chi connectivity index (χ0) is 13.8. The smallest absolute Gasteiger partial charge is 0.128 e. The van der Waals surface area contributed by atoms with Gasteiger partial charge >= 0.3 is 0 Å². The third-order valence-electron chi connectivity index (χ3n) is 4.44. The van der Waals surface area contributed by atoms with Crippen molar-refractivity contribution in [3.05, 3.63) is 23.4 Å². The number of anilines is 1. The predicted octanol–water partition coefficient (Wildman–Crippen LogP) is 3.12. The van der Waals surface area contributed by atoms with Gasteiger partial charge in [-0.2, -0.15) is 0 Å². The van der Waals surface area contributed by atoms with Crippen LogP contribution in [0, 0.1) is 12.8 Å². The largest absolute Gasteiger partial charge is 0.357 e. The van der Waals surface area contributed by atoms with E-state index in [0.717, 1.165) is 24.0 Å². The number of hydrogen-bond donors (Lipinski definition) is 1. The molecule has 3 heteroatoms. The van der Waals surface area contributed by atoms with E-state index in [4.69, 9.17) is 4.98 Å². The summed E-state index contributed by atoms with van der Waals surface area (Å²) in [5.74, 6) is 2.02. The van der Waals surface area contributed by atoms with Crippen LogP contribution in [-0.2, 0) is 6.54 Å². The van der Waals surface area contributed by atoms with Crippen molar-refractivity contribution in [1.29, 1.82) is 0 Å². The summed E-state index contributed by atoms with van der Waals surface area (Å²) in [6, 6.07) is 5.03. The van der Waals surface area contributed by atoms with Gasteiger partial charge in [0.2, 0.25) is 0 Å². The van der Waals surface area contributed by atoms with E-state index < -0.39 is 0 Å². The highest BCUT2D eigenvalue weighted by Gasteiger charge is 2.22. The molecule has 0 amide bonds. The van der Waals surface area contributed by atoms with Crippen LogP contribution in [0.4, 0.5) is 5.82 Å². The minimum atomic E-state index is 0.665. The van der Waals surface area contributed by atoms with Crippen molar-refractivity contribution >= 4 is 5.82 Å². The molecule has 0 atom stereocenters. The van der Waals surface area contributed by atoms with E-state index >= 15 is 0 Å². The second-order valence-corrected chi connectivity index (χ2v) is 5.97. The first kappa shape index (κ1) is 14.3. The molecule has 19 heavy (non-hydrogen) atoms. The van der Waals surface area contributed by atoms with E-state index in [9.17, 15) is 0 Å². The lowest BCUT2D eigenvalue weighted by Crippen LogP contribution is -2.35. The first-order valence-electron chi connectivity index (χ1n) is 7.45. The van der Waals surface area contributed by atoms with Gasteiger partial charge in [0.25, 0.3) is 0 Å². The molecule has 1 saturated carbocycles. The molecule has 0 aliphatic heterocycles. The fourth-order valence-corrected chi connectivity index (χ4v) is 2.97. The maximum absolute atomic E-state index is 4.77. The molecule has 0 radical (unpaired) electrons. The molecule has 3 nitrogen and oxygen atoms in total. The molecule has 1 fully saturated rings. The minimum absolute atomic E-state index is 0.665. The Kier molecular flexibility index (Phi) is 4.81. The Hall–Kier alpha value is -1.09. The van der Waals surface area contributed by atoms with Crippen molar-refractivity contribution in [3.63, 3.8) is 0 Å². The summed E-state index contributed by atoms with van der Waals surface area (Å²) in [6.45, 7) is 5.36. The number of aromatic nitrogens is 1. The highest BCUT2D eigenvalue weighted by molar-refractivity contribution is 5.42. The molecule has 0 spiro atoms. The van der Waals surface area contributed by atoms with Crippen LogP contribution in [0.5, 0.6) is 0 Å². The summed E-state index contributed by atoms with van der Waals surface area (Å²) in [5.41, 5.74) is 2.43. The first-order chi connectivity index (χ1) is 9.11. The second-order valence-electron chi connectivity index (χ2n) is 5.97. The normalized spacial score (nSPS) is 23.4. The van der Waals surface area contributed by atoms with Crippen LogP contribution >= 0.6 is 0 Å². The average molecular weight is 261 g/mol. The molecule has 1 aliphatic rings. The van der Waals surface area contributed by atoms with Gasteiger partial charge in [-0.25, -0.2) is 4.98 Å². The molecular weight excluding hydrogens is 234 g/mol. The van der Waals surface area contributed by atoms with E-state index in [2.05, 4.69) is 43.2 Å². The summed E-state index contributed by atoms with van der Waals surface area (Å²) in [5, 5.41) is 3.19. The van der Waals surface area contributed by atoms with Crippen LogP contribution < -0.4 is 10.2 Å². The first-order valence-corrected chi connectivity index (χ1v) is 7.45. The Bertz CT molecular complexity index is 408. The van der Waals surface area contributed by atoms with Gasteiger partial charge < -0.3 is 10.2 Å². The van der Waals surface area contributed by atoms with Gasteiger partial charge in [-0.1, -0.05) is 13.0 Å². The zero-order valence-corrected chi connectivity index (χ0v) is 12.7. The van der Waals surface area contributed by atoms with Crippen molar-refractivity contribution < 1.29 is 0 Å². The summed E-state index contributed by atoms with van der Waals surface area (Å²) in [4.78, 5) is 7.15. The number of hydrogen-bond acceptors (Lipinski definition) is 3. The fraction of sp³-hybridized carbons (Fsp3) is 0.688. The number of aryl methyl sites for hydroxylation is 1. The van der Waals surface area contributed by atoms with Gasteiger partial charge in [-0.15, -0.1) is 0 Å². The van der Waals surface area contributed by atoms with Gasteiger partial charge in [0, 0.05) is 25.3 Å². The molecule has 1 heterocycles. The molecule has 2 rings (SSSR count). The summed E-state index contributed by atoms with van der Waals surface area (Å²) in [6.07, 6.45) is 5.31. The van der Waals surface area contributed by atoms with Crippen molar-refractivity contribution in [2.45, 2.75) is 52.1 Å². The van der Waals surface area contributed by atoms with Gasteiger partial charge in [-0.3, -0.25) is 0 Å². The van der Waals surface area contributed by atoms with Crippen molar-refractivity contribution in [2.75, 3.05) is 19.0 Å². The van der Waals surface area contributed by atoms with Crippen LogP contribution in [-0.4, -0.2) is 25.1 Å². The van der Waals surface area contributed by atoms with Crippen LogP contribution in [0.15, 0.2) is 12.1 Å². The van der Waals surface area contributed by atoms with Crippen molar-refractivity contribution in [2.24, 2.45) is 5.92 Å². The van der Waals surface area contributed by atoms with Gasteiger partial charge in [0.05, 0.1) is 0 Å². The summed E-state index contributed by atoms with van der Waals surface area (Å²) >= 11 is 0. The lowest BCUT2D eigenvalue weighted by Gasteiger charge is -2.34. The third kappa shape index (κ3) is 3.47. The minimum Gasteiger partial charge on any atom is -0.357 e. The summed E-state index contributed by atoms with van der Waals surface area (Å²) < 4.78 is 0. The van der Waals surface area contributed by atoms with Crippen LogP contribution in [0.25, 0.3) is 0 Å². The van der Waals surface area contributed by atoms with Gasteiger partial charge in [0.1, 0.15) is 5.82 Å². The van der Waals surface area contributed by atoms with E-state index in [-0.39, 0.29) is 0 Å². The standard InChI is InChI=1S/C16H27N3/c1-12-5-8-15(9-6-12)19(4)16-10-7-14(11-17-3)13(2)18-16/h7,10,12,15,17H,5-6,8-9,11H2,1-4H3. The second kappa shape index (κ2) is 6.38. The SMILES string of the molecule is CNCc1ccc(N(C)C2CCC(C)CC2)nc1C. The lowest BCUT2D eigenvalue weighted by molar-refractivity contribution is 0.340. The molecule has 0 saturated heterocycles. The summed E-state index contributed by atoms with van der Waals surface area (Å²) in [7, 11) is 4.17.